The summed E-state index contributed by atoms with van der Waals surface area (Å²) in [4.78, 5) is 12.7. The molecule has 1 saturated carbocycles. The summed E-state index contributed by atoms with van der Waals surface area (Å²) < 4.78 is 12.0. The lowest BCUT2D eigenvalue weighted by Gasteiger charge is -2.62. The molecule has 33 heavy (non-hydrogen) atoms. The molecule has 6 atom stereocenters. The van der Waals surface area contributed by atoms with E-state index in [1.54, 1.807) is 12.2 Å². The van der Waals surface area contributed by atoms with Gasteiger partial charge in [0.25, 0.3) is 0 Å². The van der Waals surface area contributed by atoms with Gasteiger partial charge in [-0.25, -0.2) is 4.79 Å². The average Bonchev–Trinajstić information content (AvgIpc) is 2.99. The maximum Gasteiger partial charge on any atom is 0.331 e. The van der Waals surface area contributed by atoms with Gasteiger partial charge in [0.05, 0.1) is 6.61 Å². The summed E-state index contributed by atoms with van der Waals surface area (Å²) in [7, 11) is 0. The van der Waals surface area contributed by atoms with E-state index in [2.05, 4.69) is 34.6 Å². The Morgan fingerprint density at radius 1 is 1.21 bits per heavy atom. The van der Waals surface area contributed by atoms with E-state index < -0.39 is 28.9 Å². The molecule has 5 heteroatoms. The monoisotopic (exact) mass is 458 g/mol. The molecule has 0 aromatic carbocycles. The van der Waals surface area contributed by atoms with Crippen molar-refractivity contribution in [3.05, 3.63) is 48.1 Å². The van der Waals surface area contributed by atoms with Crippen LogP contribution in [0.15, 0.2) is 48.1 Å². The van der Waals surface area contributed by atoms with Crippen LogP contribution >= 0.6 is 0 Å². The third-order valence-corrected chi connectivity index (χ3v) is 8.39. The second-order valence-corrected chi connectivity index (χ2v) is 11.1. The maximum atomic E-state index is 12.7. The Morgan fingerprint density at radius 2 is 1.91 bits per heavy atom. The zero-order chi connectivity index (χ0) is 24.5. The van der Waals surface area contributed by atoms with Gasteiger partial charge in [-0.05, 0) is 42.7 Å². The summed E-state index contributed by atoms with van der Waals surface area (Å²) in [6.45, 7) is 12.6. The van der Waals surface area contributed by atoms with E-state index >= 15 is 0 Å². The largest absolute Gasteiger partial charge is 0.455 e. The molecule has 0 amide bonds. The molecule has 0 aromatic heterocycles. The molecule has 1 heterocycles. The van der Waals surface area contributed by atoms with Crippen LogP contribution in [-0.4, -0.2) is 40.3 Å². The molecule has 2 aliphatic carbocycles. The molecule has 3 aliphatic rings. The Labute approximate surface area is 199 Å². The predicted octanol–water partition coefficient (Wildman–Crippen LogP) is 5.25. The third kappa shape index (κ3) is 4.40. The van der Waals surface area contributed by atoms with Crippen LogP contribution in [0.5, 0.6) is 0 Å². The molecule has 0 unspecified atom stereocenters. The Morgan fingerprint density at radius 3 is 2.58 bits per heavy atom. The van der Waals surface area contributed by atoms with E-state index in [1.165, 1.54) is 6.08 Å². The molecule has 5 nitrogen and oxygen atoms in total. The first-order valence-electron chi connectivity index (χ1n) is 12.4. The number of ether oxygens (including phenoxy) is 2. The highest BCUT2D eigenvalue weighted by Gasteiger charge is 2.73. The Kier molecular flexibility index (Phi) is 7.48. The van der Waals surface area contributed by atoms with E-state index in [9.17, 15) is 15.0 Å². The van der Waals surface area contributed by atoms with Gasteiger partial charge in [-0.15, -0.1) is 0 Å². The van der Waals surface area contributed by atoms with Crippen molar-refractivity contribution in [2.24, 2.45) is 22.7 Å². The first-order chi connectivity index (χ1) is 15.4. The first kappa shape index (κ1) is 25.9. The molecule has 0 radical (unpaired) electrons. The van der Waals surface area contributed by atoms with Gasteiger partial charge in [-0.3, -0.25) is 0 Å². The molecule has 0 aromatic rings. The molecule has 3 rings (SSSR count). The van der Waals surface area contributed by atoms with Crippen molar-refractivity contribution in [1.82, 2.24) is 0 Å². The zero-order valence-corrected chi connectivity index (χ0v) is 21.1. The van der Waals surface area contributed by atoms with Crippen molar-refractivity contribution in [3.63, 3.8) is 0 Å². The molecular formula is C28H42O5. The summed E-state index contributed by atoms with van der Waals surface area (Å²) in [5, 5.41) is 24.1. The number of carbonyl (C=O) groups is 1. The van der Waals surface area contributed by atoms with E-state index in [0.717, 1.165) is 25.7 Å². The van der Waals surface area contributed by atoms with Crippen LogP contribution in [0.2, 0.25) is 0 Å². The lowest BCUT2D eigenvalue weighted by Crippen LogP contribution is -2.70. The van der Waals surface area contributed by atoms with Crippen LogP contribution in [0.3, 0.4) is 0 Å². The fourth-order valence-corrected chi connectivity index (χ4v) is 6.70. The van der Waals surface area contributed by atoms with Gasteiger partial charge in [0.2, 0.25) is 0 Å². The molecule has 2 fully saturated rings. The summed E-state index contributed by atoms with van der Waals surface area (Å²) in [5.74, 6) is -2.02. The number of fused-ring (bicyclic) bond motifs is 3. The fraction of sp³-hybridized carbons (Fsp3) is 0.679. The van der Waals surface area contributed by atoms with Crippen LogP contribution in [0.4, 0.5) is 0 Å². The normalized spacial score (nSPS) is 39.0. The number of allylic oxidation sites excluding steroid dienone is 5. The van der Waals surface area contributed by atoms with E-state index in [4.69, 9.17) is 9.47 Å². The second-order valence-electron chi connectivity index (χ2n) is 11.1. The second kappa shape index (κ2) is 9.52. The lowest BCUT2D eigenvalue weighted by atomic mass is 9.45. The van der Waals surface area contributed by atoms with Crippen molar-refractivity contribution >= 4 is 5.97 Å². The van der Waals surface area contributed by atoms with Crippen LogP contribution in [0.25, 0.3) is 0 Å². The summed E-state index contributed by atoms with van der Waals surface area (Å²) in [6, 6.07) is 0. The van der Waals surface area contributed by atoms with Crippen molar-refractivity contribution in [2.75, 3.05) is 6.61 Å². The Bertz CT molecular complexity index is 852. The molecule has 184 valence electrons. The number of carbonyl (C=O) groups excluding carboxylic acids is 1. The molecule has 2 N–H and O–H groups in total. The minimum absolute atomic E-state index is 0.141. The molecule has 0 bridgehead atoms. The molecule has 1 saturated heterocycles. The zero-order valence-electron chi connectivity index (χ0n) is 21.1. The van der Waals surface area contributed by atoms with E-state index in [1.807, 2.05) is 31.2 Å². The molecule has 1 aliphatic heterocycles. The summed E-state index contributed by atoms with van der Waals surface area (Å²) in [6.07, 6.45) is 15.8. The predicted molar refractivity (Wildman–Crippen MR) is 130 cm³/mol. The minimum atomic E-state index is -1.65. The van der Waals surface area contributed by atoms with E-state index in [0.29, 0.717) is 12.0 Å². The molecule has 0 spiro atoms. The van der Waals surface area contributed by atoms with Crippen LogP contribution in [-0.2, 0) is 14.3 Å². The average molecular weight is 459 g/mol. The van der Waals surface area contributed by atoms with Crippen LogP contribution < -0.4 is 0 Å². The SMILES string of the molecule is C/C=C/C=C/C=C/C(=O)O[C@@H]1C=C2CO[C@](O)(C[C@H](C)CC)[C@]2(O)[C@@]2(C)CCCC(C)(C)[C@H]12. The molecular weight excluding hydrogens is 416 g/mol. The van der Waals surface area contributed by atoms with Gasteiger partial charge >= 0.3 is 5.97 Å². The van der Waals surface area contributed by atoms with Gasteiger partial charge in [-0.1, -0.05) is 77.8 Å². The number of hydrogen-bond acceptors (Lipinski definition) is 5. The minimum Gasteiger partial charge on any atom is -0.455 e. The highest BCUT2D eigenvalue weighted by Crippen LogP contribution is 2.66. The number of esters is 1. The van der Waals surface area contributed by atoms with Crippen molar-refractivity contribution in [3.8, 4) is 0 Å². The standard InChI is InChI=1S/C28H42O5/c1-7-9-10-11-12-14-23(29)33-22-17-21-19-32-27(30,18-20(3)8-2)28(21,31)26(6)16-13-15-25(4,5)24(22)26/h7,9-12,14,17,20,22,24,30-31H,8,13,15-16,18-19H2,1-6H3/b9-7+,11-10+,14-12+/t20-,22-,24+,26+,27-,28-/m1/s1. The summed E-state index contributed by atoms with van der Waals surface area (Å²) in [5.41, 5.74) is -1.76. The summed E-state index contributed by atoms with van der Waals surface area (Å²) >= 11 is 0. The lowest BCUT2D eigenvalue weighted by molar-refractivity contribution is -0.311. The van der Waals surface area contributed by atoms with Gasteiger partial charge in [0.1, 0.15) is 11.7 Å². The quantitative estimate of drug-likeness (QED) is 0.236. The highest BCUT2D eigenvalue weighted by atomic mass is 16.6. The number of rotatable bonds is 7. The van der Waals surface area contributed by atoms with E-state index in [-0.39, 0.29) is 23.9 Å². The van der Waals surface area contributed by atoms with Gasteiger partial charge in [0.15, 0.2) is 5.79 Å². The first-order valence-corrected chi connectivity index (χ1v) is 12.4. The van der Waals surface area contributed by atoms with Crippen molar-refractivity contribution < 1.29 is 24.5 Å². The number of hydrogen-bond donors (Lipinski definition) is 2. The topological polar surface area (TPSA) is 76.0 Å². The Balaban J connectivity index is 2.00. The Hall–Kier alpha value is -1.69. The van der Waals surface area contributed by atoms with Crippen LogP contribution in [0, 0.1) is 22.7 Å². The highest BCUT2D eigenvalue weighted by molar-refractivity contribution is 5.82. The van der Waals surface area contributed by atoms with Gasteiger partial charge in [0, 0.05) is 23.8 Å². The maximum absolute atomic E-state index is 12.7. The van der Waals surface area contributed by atoms with Gasteiger partial charge < -0.3 is 19.7 Å². The number of aliphatic hydroxyl groups is 2. The smallest absolute Gasteiger partial charge is 0.331 e. The van der Waals surface area contributed by atoms with Crippen molar-refractivity contribution in [1.29, 1.82) is 0 Å². The van der Waals surface area contributed by atoms with Crippen molar-refractivity contribution in [2.45, 2.75) is 91.1 Å². The van der Waals surface area contributed by atoms with Crippen LogP contribution in [0.1, 0.15) is 73.6 Å². The third-order valence-electron chi connectivity index (χ3n) is 8.39. The fourth-order valence-electron chi connectivity index (χ4n) is 6.70. The van der Waals surface area contributed by atoms with Gasteiger partial charge in [-0.2, -0.15) is 0 Å².